The maximum absolute atomic E-state index is 14.9. The number of hydrogen-bond acceptors (Lipinski definition) is 7. The molecule has 5 bridgehead atoms. The van der Waals surface area contributed by atoms with Crippen LogP contribution < -0.4 is 10.2 Å². The Morgan fingerprint density at radius 2 is 1.88 bits per heavy atom. The number of rotatable bonds is 4. The number of anilines is 1. The molecule has 10 nitrogen and oxygen atoms in total. The number of allylic oxidation sites excluding steroid dienone is 1. The zero-order chi connectivity index (χ0) is 30.3. The molecule has 7 atom stereocenters. The number of esters is 1. The normalized spacial score (nSPS) is 33.2. The van der Waals surface area contributed by atoms with E-state index in [-0.39, 0.29) is 43.8 Å². The minimum atomic E-state index is -1.39. The SMILES string of the molecule is Cc1ccc(C)c(N2C/C=C\CCC(=O)NC[C@H](C)OC(=O)[C@@H]3[C@H]4C(=O)N([C@@H](CO)C(C)C)[C@H](C2=O)[C@]42C=C[C@H]3O2)c1. The molecule has 4 aliphatic heterocycles. The number of amides is 3. The fourth-order valence-corrected chi connectivity index (χ4v) is 6.78. The van der Waals surface area contributed by atoms with Gasteiger partial charge < -0.3 is 29.7 Å². The van der Waals surface area contributed by atoms with Gasteiger partial charge in [-0.3, -0.25) is 19.2 Å². The van der Waals surface area contributed by atoms with Crippen LogP contribution in [-0.4, -0.2) is 83.3 Å². The van der Waals surface area contributed by atoms with Crippen LogP contribution in [0, 0.1) is 31.6 Å². The highest BCUT2D eigenvalue weighted by Crippen LogP contribution is 2.56. The van der Waals surface area contributed by atoms with Crippen molar-refractivity contribution < 1.29 is 33.8 Å². The number of cyclic esters (lactones) is 1. The van der Waals surface area contributed by atoms with E-state index in [0.29, 0.717) is 12.1 Å². The summed E-state index contributed by atoms with van der Waals surface area (Å²) in [5, 5.41) is 13.3. The summed E-state index contributed by atoms with van der Waals surface area (Å²) in [5.74, 6) is -3.68. The number of nitrogens with one attached hydrogen (secondary N) is 1. The number of fused-ring (bicyclic) bond motifs is 2. The van der Waals surface area contributed by atoms with E-state index >= 15 is 0 Å². The maximum atomic E-state index is 14.9. The van der Waals surface area contributed by atoms with Crippen LogP contribution in [0.3, 0.4) is 0 Å². The van der Waals surface area contributed by atoms with Gasteiger partial charge in [-0.25, -0.2) is 0 Å². The predicted octanol–water partition coefficient (Wildman–Crippen LogP) is 2.20. The Kier molecular flexibility index (Phi) is 8.31. The Morgan fingerprint density at radius 3 is 2.60 bits per heavy atom. The average molecular weight is 580 g/mol. The molecule has 3 amide bonds. The number of ether oxygens (including phenoxy) is 2. The molecule has 1 aromatic rings. The molecule has 0 unspecified atom stereocenters. The topological polar surface area (TPSA) is 125 Å². The molecule has 4 heterocycles. The molecular weight excluding hydrogens is 538 g/mol. The van der Waals surface area contributed by atoms with Crippen LogP contribution in [0.2, 0.25) is 0 Å². The van der Waals surface area contributed by atoms with Gasteiger partial charge in [-0.1, -0.05) is 50.3 Å². The van der Waals surface area contributed by atoms with Crippen molar-refractivity contribution >= 4 is 29.4 Å². The number of likely N-dealkylation sites (tertiary alicyclic amines) is 1. The summed E-state index contributed by atoms with van der Waals surface area (Å²) in [6.07, 6.45) is 6.58. The summed E-state index contributed by atoms with van der Waals surface area (Å²) in [6.45, 7) is 9.32. The van der Waals surface area contributed by atoms with Crippen molar-refractivity contribution in [3.63, 3.8) is 0 Å². The van der Waals surface area contributed by atoms with Crippen molar-refractivity contribution in [1.29, 1.82) is 0 Å². The Hall–Kier alpha value is -3.50. The maximum Gasteiger partial charge on any atom is 0.313 e. The number of aliphatic hydroxyl groups excluding tert-OH is 1. The van der Waals surface area contributed by atoms with E-state index in [1.54, 1.807) is 24.0 Å². The molecule has 1 spiro atoms. The van der Waals surface area contributed by atoms with Gasteiger partial charge in [0, 0.05) is 18.7 Å². The molecule has 0 saturated carbocycles. The van der Waals surface area contributed by atoms with E-state index in [0.717, 1.165) is 11.1 Å². The third-order valence-electron chi connectivity index (χ3n) is 8.95. The molecule has 0 aromatic heterocycles. The van der Waals surface area contributed by atoms with Gasteiger partial charge in [0.25, 0.3) is 5.91 Å². The van der Waals surface area contributed by atoms with Crippen LogP contribution in [-0.2, 0) is 28.7 Å². The third kappa shape index (κ3) is 5.04. The Morgan fingerprint density at radius 1 is 1.12 bits per heavy atom. The molecular formula is C32H41N3O7. The van der Waals surface area contributed by atoms with Crippen molar-refractivity contribution in [3.8, 4) is 0 Å². The number of aliphatic hydroxyl groups is 1. The largest absolute Gasteiger partial charge is 0.460 e. The quantitative estimate of drug-likeness (QED) is 0.414. The van der Waals surface area contributed by atoms with Crippen molar-refractivity contribution in [1.82, 2.24) is 10.2 Å². The number of benzene rings is 1. The molecule has 4 aliphatic rings. The van der Waals surface area contributed by atoms with E-state index in [9.17, 15) is 24.3 Å². The first-order valence-electron chi connectivity index (χ1n) is 14.8. The second-order valence-electron chi connectivity index (χ2n) is 12.2. The number of hydrogen-bond donors (Lipinski definition) is 2. The Bertz CT molecular complexity index is 1320. The lowest BCUT2D eigenvalue weighted by Gasteiger charge is -2.40. The standard InChI is InChI=1S/C32H41N3O7/c1-18(2)23(17-36)35-28-30(39)34(22-15-19(3)10-11-20(22)4)14-8-6-7-9-25(37)33-16-21(5)41-31(40)26-24-12-13-32(28,42-24)27(26)29(35)38/h6,8,10-13,15,18,21,23-24,26-28,36H,7,9,14,16-17H2,1-5H3,(H,33,37)/b8-6-/t21-,23-,24+,26-,27-,28+,32-/m0/s1. The molecule has 42 heavy (non-hydrogen) atoms. The number of nitrogens with zero attached hydrogens (tertiary/aromatic N) is 2. The Balaban J connectivity index is 1.66. The first-order chi connectivity index (χ1) is 20.0. The zero-order valence-electron chi connectivity index (χ0n) is 24.9. The zero-order valence-corrected chi connectivity index (χ0v) is 24.9. The third-order valence-corrected chi connectivity index (χ3v) is 8.95. The number of aryl methyl sites for hydroxylation is 2. The van der Waals surface area contributed by atoms with Crippen molar-refractivity contribution in [3.05, 3.63) is 53.6 Å². The van der Waals surface area contributed by atoms with Crippen LogP contribution in [0.4, 0.5) is 5.69 Å². The van der Waals surface area contributed by atoms with E-state index in [1.165, 1.54) is 4.90 Å². The second-order valence-corrected chi connectivity index (χ2v) is 12.2. The summed E-state index contributed by atoms with van der Waals surface area (Å²) >= 11 is 0. The Labute approximate surface area is 246 Å². The predicted molar refractivity (Wildman–Crippen MR) is 155 cm³/mol. The van der Waals surface area contributed by atoms with Crippen molar-refractivity contribution in [2.45, 2.75) is 77.4 Å². The highest BCUT2D eigenvalue weighted by atomic mass is 16.6. The first-order valence-corrected chi connectivity index (χ1v) is 14.8. The van der Waals surface area contributed by atoms with E-state index < -0.39 is 53.6 Å². The van der Waals surface area contributed by atoms with Crippen LogP contribution in [0.25, 0.3) is 0 Å². The lowest BCUT2D eigenvalue weighted by molar-refractivity contribution is -0.159. The van der Waals surface area contributed by atoms with Crippen molar-refractivity contribution in [2.75, 3.05) is 24.6 Å². The first kappa shape index (κ1) is 30.0. The molecule has 5 rings (SSSR count). The monoisotopic (exact) mass is 579 g/mol. The van der Waals surface area contributed by atoms with E-state index in [1.807, 2.05) is 58.0 Å². The summed E-state index contributed by atoms with van der Waals surface area (Å²) < 4.78 is 12.2. The lowest BCUT2D eigenvalue weighted by Crippen LogP contribution is -2.59. The molecule has 2 saturated heterocycles. The van der Waals surface area contributed by atoms with E-state index in [2.05, 4.69) is 5.32 Å². The molecule has 1 aromatic carbocycles. The smallest absolute Gasteiger partial charge is 0.313 e. The van der Waals surface area contributed by atoms with Gasteiger partial charge in [-0.15, -0.1) is 0 Å². The minimum absolute atomic E-state index is 0.139. The number of carbonyl (C=O) groups is 4. The summed E-state index contributed by atoms with van der Waals surface area (Å²) in [5.41, 5.74) is 1.14. The average Bonchev–Trinajstić information content (AvgIpc) is 3.58. The fraction of sp³-hybridized carbons (Fsp3) is 0.562. The van der Waals surface area contributed by atoms with Gasteiger partial charge in [-0.2, -0.15) is 0 Å². The molecule has 0 radical (unpaired) electrons. The van der Waals surface area contributed by atoms with Crippen molar-refractivity contribution in [2.24, 2.45) is 17.8 Å². The van der Waals surface area contributed by atoms with E-state index in [4.69, 9.17) is 9.47 Å². The van der Waals surface area contributed by atoms with Crippen LogP contribution in [0.5, 0.6) is 0 Å². The van der Waals surface area contributed by atoms with Gasteiger partial charge in [-0.05, 0) is 50.3 Å². The minimum Gasteiger partial charge on any atom is -0.460 e. The molecule has 2 fully saturated rings. The van der Waals surface area contributed by atoms with Gasteiger partial charge in [0.1, 0.15) is 23.7 Å². The lowest BCUT2D eigenvalue weighted by atomic mass is 9.74. The highest BCUT2D eigenvalue weighted by Gasteiger charge is 2.74. The molecule has 2 N–H and O–H groups in total. The summed E-state index contributed by atoms with van der Waals surface area (Å²) in [4.78, 5) is 58.3. The summed E-state index contributed by atoms with van der Waals surface area (Å²) in [6, 6.07) is 4.07. The molecule has 10 heteroatoms. The van der Waals surface area contributed by atoms with Gasteiger partial charge in [0.05, 0.1) is 31.2 Å². The van der Waals surface area contributed by atoms with Gasteiger partial charge in [0.2, 0.25) is 11.8 Å². The van der Waals surface area contributed by atoms with Gasteiger partial charge >= 0.3 is 5.97 Å². The van der Waals surface area contributed by atoms with Gasteiger partial charge in [0.15, 0.2) is 0 Å². The summed E-state index contributed by atoms with van der Waals surface area (Å²) in [7, 11) is 0. The molecule has 0 aliphatic carbocycles. The van der Waals surface area contributed by atoms with Crippen LogP contribution in [0.15, 0.2) is 42.5 Å². The fourth-order valence-electron chi connectivity index (χ4n) is 6.78. The second kappa shape index (κ2) is 11.6. The molecule has 226 valence electrons. The highest BCUT2D eigenvalue weighted by molar-refractivity contribution is 6.05. The number of carbonyl (C=O) groups excluding carboxylic acids is 4. The van der Waals surface area contributed by atoms with Crippen LogP contribution in [0.1, 0.15) is 44.7 Å². The van der Waals surface area contributed by atoms with Crippen LogP contribution >= 0.6 is 0 Å².